The molecule has 0 bridgehead atoms. The largest absolute Gasteiger partial charge is 0.468 e. The summed E-state index contributed by atoms with van der Waals surface area (Å²) in [6, 6.07) is 3.23. The fraction of sp³-hybridized carbons (Fsp3) is 0.500. The second-order valence-electron chi connectivity index (χ2n) is 5.45. The van der Waals surface area contributed by atoms with Crippen molar-refractivity contribution in [2.24, 2.45) is 5.92 Å². The Balaban J connectivity index is 2.44. The van der Waals surface area contributed by atoms with E-state index in [1.165, 1.54) is 6.26 Å². The van der Waals surface area contributed by atoms with E-state index in [-0.39, 0.29) is 18.8 Å². The number of ether oxygens (including phenoxy) is 1. The SMILES string of the molecule is CCOC(=O)[C@H]1CCC(=O)C([C@@H](C[N+](=O)[O-])c2ccco2)=C1C. The molecule has 2 rings (SSSR count). The van der Waals surface area contributed by atoms with Gasteiger partial charge in [0, 0.05) is 16.9 Å². The van der Waals surface area contributed by atoms with Gasteiger partial charge in [0.1, 0.15) is 11.7 Å². The van der Waals surface area contributed by atoms with Crippen LogP contribution in [-0.2, 0) is 14.3 Å². The number of nitro groups is 1. The first-order chi connectivity index (χ1) is 11.0. The average molecular weight is 321 g/mol. The van der Waals surface area contributed by atoms with Crippen molar-refractivity contribution in [3.8, 4) is 0 Å². The van der Waals surface area contributed by atoms with E-state index in [0.29, 0.717) is 23.3 Å². The van der Waals surface area contributed by atoms with E-state index in [0.717, 1.165) is 0 Å². The van der Waals surface area contributed by atoms with Gasteiger partial charge in [-0.15, -0.1) is 0 Å². The summed E-state index contributed by atoms with van der Waals surface area (Å²) >= 11 is 0. The Morgan fingerprint density at radius 2 is 2.30 bits per heavy atom. The zero-order valence-corrected chi connectivity index (χ0v) is 13.1. The van der Waals surface area contributed by atoms with Crippen LogP contribution in [0.15, 0.2) is 34.0 Å². The molecule has 0 N–H and O–H groups in total. The number of hydrogen-bond donors (Lipinski definition) is 0. The summed E-state index contributed by atoms with van der Waals surface area (Å²) in [7, 11) is 0. The summed E-state index contributed by atoms with van der Waals surface area (Å²) in [5, 5.41) is 11.0. The minimum absolute atomic E-state index is 0.172. The molecular formula is C16H19NO6. The van der Waals surface area contributed by atoms with Crippen LogP contribution >= 0.6 is 0 Å². The van der Waals surface area contributed by atoms with E-state index in [9.17, 15) is 19.7 Å². The summed E-state index contributed by atoms with van der Waals surface area (Å²) in [6.07, 6.45) is 1.95. The zero-order valence-electron chi connectivity index (χ0n) is 13.1. The molecule has 0 aromatic carbocycles. The highest BCUT2D eigenvalue weighted by molar-refractivity contribution is 6.00. The maximum atomic E-state index is 12.4. The highest BCUT2D eigenvalue weighted by Crippen LogP contribution is 2.37. The van der Waals surface area contributed by atoms with Crippen molar-refractivity contribution in [1.29, 1.82) is 0 Å². The molecule has 1 aromatic rings. The van der Waals surface area contributed by atoms with Gasteiger partial charge in [0.05, 0.1) is 18.8 Å². The first kappa shape index (κ1) is 16.9. The Bertz CT molecular complexity index is 631. The van der Waals surface area contributed by atoms with Crippen LogP contribution in [0.4, 0.5) is 0 Å². The van der Waals surface area contributed by atoms with Crippen molar-refractivity contribution in [3.05, 3.63) is 45.4 Å². The van der Waals surface area contributed by atoms with Gasteiger partial charge in [0.15, 0.2) is 5.78 Å². The fourth-order valence-corrected chi connectivity index (χ4v) is 3.00. The van der Waals surface area contributed by atoms with Crippen molar-refractivity contribution < 1.29 is 23.7 Å². The third-order valence-electron chi connectivity index (χ3n) is 4.05. The van der Waals surface area contributed by atoms with Gasteiger partial charge in [-0.25, -0.2) is 0 Å². The molecule has 1 aromatic heterocycles. The highest BCUT2D eigenvalue weighted by Gasteiger charge is 2.38. The lowest BCUT2D eigenvalue weighted by Gasteiger charge is -2.27. The molecule has 1 aliphatic carbocycles. The lowest BCUT2D eigenvalue weighted by molar-refractivity contribution is -0.482. The number of esters is 1. The molecule has 0 unspecified atom stereocenters. The van der Waals surface area contributed by atoms with Gasteiger partial charge in [-0.1, -0.05) is 5.57 Å². The molecule has 0 radical (unpaired) electrons. The number of ketones is 1. The normalized spacial score (nSPS) is 19.6. The zero-order chi connectivity index (χ0) is 17.0. The molecule has 0 aliphatic heterocycles. The Kier molecular flexibility index (Phi) is 5.31. The molecule has 0 saturated heterocycles. The second kappa shape index (κ2) is 7.21. The molecule has 124 valence electrons. The summed E-state index contributed by atoms with van der Waals surface area (Å²) in [6.45, 7) is 3.18. The molecule has 0 fully saturated rings. The molecule has 1 aliphatic rings. The Labute approximate surface area is 133 Å². The summed E-state index contributed by atoms with van der Waals surface area (Å²) in [5.74, 6) is -1.54. The van der Waals surface area contributed by atoms with Crippen molar-refractivity contribution in [2.75, 3.05) is 13.2 Å². The highest BCUT2D eigenvalue weighted by atomic mass is 16.6. The number of carbonyl (C=O) groups is 2. The van der Waals surface area contributed by atoms with Crippen LogP contribution in [0.3, 0.4) is 0 Å². The van der Waals surface area contributed by atoms with Crippen LogP contribution in [-0.4, -0.2) is 29.8 Å². The summed E-state index contributed by atoms with van der Waals surface area (Å²) < 4.78 is 10.3. The van der Waals surface area contributed by atoms with Crippen LogP contribution < -0.4 is 0 Å². The average Bonchev–Trinajstić information content (AvgIpc) is 3.00. The molecular weight excluding hydrogens is 302 g/mol. The van der Waals surface area contributed by atoms with Crippen LogP contribution in [0.2, 0.25) is 0 Å². The van der Waals surface area contributed by atoms with Gasteiger partial charge in [-0.05, 0) is 32.4 Å². The van der Waals surface area contributed by atoms with Gasteiger partial charge in [0.2, 0.25) is 6.54 Å². The third-order valence-corrected chi connectivity index (χ3v) is 4.05. The number of carbonyl (C=O) groups excluding carboxylic acids is 2. The maximum Gasteiger partial charge on any atom is 0.313 e. The van der Waals surface area contributed by atoms with Crippen LogP contribution in [0.1, 0.15) is 38.4 Å². The predicted octanol–water partition coefficient (Wildman–Crippen LogP) is 2.50. The molecule has 1 heterocycles. The fourth-order valence-electron chi connectivity index (χ4n) is 3.00. The second-order valence-corrected chi connectivity index (χ2v) is 5.45. The number of hydrogen-bond acceptors (Lipinski definition) is 6. The monoisotopic (exact) mass is 321 g/mol. The minimum atomic E-state index is -0.787. The van der Waals surface area contributed by atoms with Gasteiger partial charge < -0.3 is 9.15 Å². The molecule has 0 amide bonds. The van der Waals surface area contributed by atoms with Crippen LogP contribution in [0, 0.1) is 16.0 Å². The van der Waals surface area contributed by atoms with Crippen molar-refractivity contribution in [2.45, 2.75) is 32.6 Å². The molecule has 7 heteroatoms. The van der Waals surface area contributed by atoms with E-state index >= 15 is 0 Å². The van der Waals surface area contributed by atoms with Crippen LogP contribution in [0.25, 0.3) is 0 Å². The molecule has 7 nitrogen and oxygen atoms in total. The number of furan rings is 1. The molecule has 0 spiro atoms. The van der Waals surface area contributed by atoms with E-state index in [2.05, 4.69) is 0 Å². The maximum absolute atomic E-state index is 12.4. The van der Waals surface area contributed by atoms with E-state index in [1.54, 1.807) is 26.0 Å². The van der Waals surface area contributed by atoms with E-state index in [4.69, 9.17) is 9.15 Å². The first-order valence-electron chi connectivity index (χ1n) is 7.51. The lowest BCUT2D eigenvalue weighted by Crippen LogP contribution is -2.30. The number of Topliss-reactive ketones (excluding diaryl/α,β-unsaturated/α-hetero) is 1. The van der Waals surface area contributed by atoms with Crippen molar-refractivity contribution in [1.82, 2.24) is 0 Å². The molecule has 0 saturated carbocycles. The van der Waals surface area contributed by atoms with E-state index < -0.39 is 29.3 Å². The van der Waals surface area contributed by atoms with Gasteiger partial charge >= 0.3 is 5.97 Å². The van der Waals surface area contributed by atoms with Crippen molar-refractivity contribution >= 4 is 11.8 Å². The first-order valence-corrected chi connectivity index (χ1v) is 7.51. The van der Waals surface area contributed by atoms with Gasteiger partial charge in [0.25, 0.3) is 0 Å². The topological polar surface area (TPSA) is 99.7 Å². The summed E-state index contributed by atoms with van der Waals surface area (Å²) in [5.41, 5.74) is 0.851. The smallest absolute Gasteiger partial charge is 0.313 e. The quantitative estimate of drug-likeness (QED) is 0.453. The number of nitrogens with zero attached hydrogens (tertiary/aromatic N) is 1. The van der Waals surface area contributed by atoms with Crippen molar-refractivity contribution in [3.63, 3.8) is 0 Å². The lowest BCUT2D eigenvalue weighted by atomic mass is 9.77. The standard InChI is InChI=1S/C16H19NO6/c1-3-22-16(19)11-6-7-13(18)15(10(11)2)12(9-17(20)21)14-5-4-8-23-14/h4-5,8,11-12H,3,6-7,9H2,1-2H3/t11-,12-/m0/s1. The van der Waals surface area contributed by atoms with E-state index in [1.807, 2.05) is 0 Å². The minimum Gasteiger partial charge on any atom is -0.468 e. The summed E-state index contributed by atoms with van der Waals surface area (Å²) in [4.78, 5) is 35.0. The third kappa shape index (κ3) is 3.67. The Hall–Kier alpha value is -2.44. The molecule has 2 atom stereocenters. The Morgan fingerprint density at radius 3 is 2.87 bits per heavy atom. The van der Waals surface area contributed by atoms with Gasteiger partial charge in [-0.2, -0.15) is 0 Å². The molecule has 23 heavy (non-hydrogen) atoms. The number of rotatable bonds is 6. The Morgan fingerprint density at radius 1 is 1.57 bits per heavy atom. The predicted molar refractivity (Wildman–Crippen MR) is 80.4 cm³/mol. The van der Waals surface area contributed by atoms with Crippen LogP contribution in [0.5, 0.6) is 0 Å². The van der Waals surface area contributed by atoms with Gasteiger partial charge in [-0.3, -0.25) is 19.7 Å².